The van der Waals surface area contributed by atoms with E-state index in [4.69, 9.17) is 25.8 Å². The maximum absolute atomic E-state index is 12.8. The van der Waals surface area contributed by atoms with Gasteiger partial charge in [-0.2, -0.15) is 0 Å². The number of carbonyl (C=O) groups is 1. The van der Waals surface area contributed by atoms with E-state index in [9.17, 15) is 4.79 Å². The van der Waals surface area contributed by atoms with Gasteiger partial charge >= 0.3 is 5.97 Å². The average Bonchev–Trinajstić information content (AvgIpc) is 2.72. The van der Waals surface area contributed by atoms with Crippen LogP contribution in [-0.4, -0.2) is 31.8 Å². The topological polar surface area (TPSA) is 57.7 Å². The van der Waals surface area contributed by atoms with Gasteiger partial charge in [0.1, 0.15) is 0 Å². The highest BCUT2D eigenvalue weighted by atomic mass is 35.5. The summed E-state index contributed by atoms with van der Waals surface area (Å²) >= 11 is 6.17. The Morgan fingerprint density at radius 1 is 1.07 bits per heavy atom. The summed E-state index contributed by atoms with van der Waals surface area (Å²) in [6.07, 6.45) is 0. The first-order valence-electron chi connectivity index (χ1n) is 8.92. The molecule has 1 aromatic heterocycles. The van der Waals surface area contributed by atoms with Crippen LogP contribution in [0.5, 0.6) is 11.5 Å². The van der Waals surface area contributed by atoms with Crippen molar-refractivity contribution in [1.82, 2.24) is 4.98 Å². The Balaban J connectivity index is 2.45. The molecule has 3 rings (SSSR count). The lowest BCUT2D eigenvalue weighted by Gasteiger charge is -2.17. The molecule has 0 atom stereocenters. The van der Waals surface area contributed by atoms with Gasteiger partial charge in [0, 0.05) is 17.0 Å². The number of nitrogens with zero attached hydrogens (tertiary/aromatic N) is 1. The molecule has 1 heterocycles. The zero-order chi connectivity index (χ0) is 20.3. The van der Waals surface area contributed by atoms with Crippen molar-refractivity contribution in [2.75, 3.05) is 20.8 Å². The Bertz CT molecular complexity index is 1020. The van der Waals surface area contributed by atoms with Crippen molar-refractivity contribution in [2.24, 2.45) is 0 Å². The van der Waals surface area contributed by atoms with Crippen LogP contribution in [0.4, 0.5) is 0 Å². The Hall–Kier alpha value is -2.79. The molecular formula is C22H22ClNO4. The molecular weight excluding hydrogens is 378 g/mol. The lowest BCUT2D eigenvalue weighted by molar-refractivity contribution is 0.0526. The average molecular weight is 400 g/mol. The summed E-state index contributed by atoms with van der Waals surface area (Å²) in [5.41, 5.74) is 4.23. The summed E-state index contributed by atoms with van der Waals surface area (Å²) in [7, 11) is 3.14. The first kappa shape index (κ1) is 20.0. The van der Waals surface area contributed by atoms with Crippen molar-refractivity contribution in [3.8, 4) is 22.6 Å². The second kappa shape index (κ2) is 8.48. The minimum atomic E-state index is -0.446. The quantitative estimate of drug-likeness (QED) is 0.424. The highest BCUT2D eigenvalue weighted by Gasteiger charge is 2.24. The first-order chi connectivity index (χ1) is 13.5. The molecule has 0 saturated heterocycles. The number of methoxy groups -OCH3 is 2. The smallest absolute Gasteiger partial charge is 0.340 e. The number of ether oxygens (including phenoxy) is 3. The third-order valence-electron chi connectivity index (χ3n) is 4.51. The molecule has 0 amide bonds. The van der Waals surface area contributed by atoms with E-state index in [2.05, 4.69) is 4.98 Å². The molecule has 0 bridgehead atoms. The van der Waals surface area contributed by atoms with Crippen LogP contribution >= 0.6 is 11.6 Å². The van der Waals surface area contributed by atoms with Crippen molar-refractivity contribution in [2.45, 2.75) is 19.7 Å². The van der Waals surface area contributed by atoms with E-state index >= 15 is 0 Å². The molecule has 0 N–H and O–H groups in total. The van der Waals surface area contributed by atoms with Gasteiger partial charge in [0.05, 0.1) is 43.5 Å². The molecule has 0 aliphatic carbocycles. The van der Waals surface area contributed by atoms with Gasteiger partial charge in [-0.3, -0.25) is 4.98 Å². The molecule has 5 nitrogen and oxygen atoms in total. The van der Waals surface area contributed by atoms with Crippen LogP contribution in [0.3, 0.4) is 0 Å². The first-order valence-corrected chi connectivity index (χ1v) is 9.46. The lowest BCUT2D eigenvalue weighted by Crippen LogP contribution is -2.12. The number of rotatable bonds is 6. The molecule has 0 fully saturated rings. The van der Waals surface area contributed by atoms with Crippen LogP contribution in [0.25, 0.3) is 22.0 Å². The summed E-state index contributed by atoms with van der Waals surface area (Å²) in [4.78, 5) is 17.4. The normalized spacial score (nSPS) is 10.8. The molecule has 0 unspecified atom stereocenters. The minimum absolute atomic E-state index is 0.0806. The fraction of sp³-hybridized carbons (Fsp3) is 0.273. The fourth-order valence-corrected chi connectivity index (χ4v) is 3.37. The van der Waals surface area contributed by atoms with Gasteiger partial charge < -0.3 is 14.2 Å². The third kappa shape index (κ3) is 3.62. The number of fused-ring (bicyclic) bond motifs is 1. The van der Waals surface area contributed by atoms with Gasteiger partial charge in [-0.25, -0.2) is 4.79 Å². The van der Waals surface area contributed by atoms with E-state index in [0.717, 1.165) is 22.1 Å². The summed E-state index contributed by atoms with van der Waals surface area (Å²) in [5.74, 6) is 0.746. The van der Waals surface area contributed by atoms with Crippen LogP contribution in [0, 0.1) is 6.92 Å². The number of aryl methyl sites for hydroxylation is 1. The Labute approximate surface area is 169 Å². The van der Waals surface area contributed by atoms with E-state index in [1.165, 1.54) is 0 Å². The largest absolute Gasteiger partial charge is 0.493 e. The highest BCUT2D eigenvalue weighted by molar-refractivity contribution is 6.18. The van der Waals surface area contributed by atoms with Crippen molar-refractivity contribution in [3.05, 3.63) is 53.2 Å². The molecule has 0 aliphatic heterocycles. The van der Waals surface area contributed by atoms with E-state index in [1.807, 2.05) is 37.3 Å². The fourth-order valence-electron chi connectivity index (χ4n) is 3.18. The number of hydrogen-bond acceptors (Lipinski definition) is 5. The standard InChI is InChI=1S/C22H22ClNO4/c1-5-28-22(25)21-17(12-23)24-16-11-19(27-4)18(26-3)10-15(16)20(21)14-8-6-13(2)7-9-14/h6-11H,5,12H2,1-4H3. The summed E-state index contributed by atoms with van der Waals surface area (Å²) in [6, 6.07) is 11.6. The number of pyridine rings is 1. The molecule has 0 saturated carbocycles. The number of aromatic nitrogens is 1. The van der Waals surface area contributed by atoms with E-state index in [0.29, 0.717) is 28.3 Å². The summed E-state index contributed by atoms with van der Waals surface area (Å²) in [6.45, 7) is 4.04. The number of halogens is 1. The molecule has 3 aromatic rings. The SMILES string of the molecule is CCOC(=O)c1c(CCl)nc2cc(OC)c(OC)cc2c1-c1ccc(C)cc1. The molecule has 2 aromatic carbocycles. The van der Waals surface area contributed by atoms with Gasteiger partial charge in [0.15, 0.2) is 11.5 Å². The zero-order valence-corrected chi connectivity index (χ0v) is 17.1. The Morgan fingerprint density at radius 3 is 2.29 bits per heavy atom. The van der Waals surface area contributed by atoms with Crippen LogP contribution in [-0.2, 0) is 10.6 Å². The molecule has 0 radical (unpaired) electrons. The number of carbonyl (C=O) groups excluding carboxylic acids is 1. The number of alkyl halides is 1. The van der Waals surface area contributed by atoms with Crippen molar-refractivity contribution in [1.29, 1.82) is 0 Å². The summed E-state index contributed by atoms with van der Waals surface area (Å²) < 4.78 is 16.2. The Morgan fingerprint density at radius 2 is 1.71 bits per heavy atom. The van der Waals surface area contributed by atoms with E-state index < -0.39 is 5.97 Å². The van der Waals surface area contributed by atoms with Gasteiger partial charge in [-0.1, -0.05) is 29.8 Å². The number of esters is 1. The van der Waals surface area contributed by atoms with Gasteiger partial charge in [-0.05, 0) is 25.5 Å². The van der Waals surface area contributed by atoms with Gasteiger partial charge in [0.2, 0.25) is 0 Å². The van der Waals surface area contributed by atoms with Crippen LogP contribution in [0.15, 0.2) is 36.4 Å². The molecule has 6 heteroatoms. The third-order valence-corrected chi connectivity index (χ3v) is 4.76. The van der Waals surface area contributed by atoms with Crippen molar-refractivity contribution in [3.63, 3.8) is 0 Å². The molecule has 146 valence electrons. The van der Waals surface area contributed by atoms with Gasteiger partial charge in [0.25, 0.3) is 0 Å². The highest BCUT2D eigenvalue weighted by Crippen LogP contribution is 2.39. The maximum Gasteiger partial charge on any atom is 0.340 e. The monoisotopic (exact) mass is 399 g/mol. The number of hydrogen-bond donors (Lipinski definition) is 0. The minimum Gasteiger partial charge on any atom is -0.493 e. The van der Waals surface area contributed by atoms with Crippen LogP contribution in [0.1, 0.15) is 28.5 Å². The predicted octanol–water partition coefficient (Wildman–Crippen LogP) is 5.14. The van der Waals surface area contributed by atoms with E-state index in [1.54, 1.807) is 27.2 Å². The van der Waals surface area contributed by atoms with E-state index in [-0.39, 0.29) is 12.5 Å². The second-order valence-electron chi connectivity index (χ2n) is 6.25. The zero-order valence-electron chi connectivity index (χ0n) is 16.3. The molecule has 28 heavy (non-hydrogen) atoms. The summed E-state index contributed by atoms with van der Waals surface area (Å²) in [5, 5.41) is 0.762. The predicted molar refractivity (Wildman–Crippen MR) is 111 cm³/mol. The molecule has 0 aliphatic rings. The maximum atomic E-state index is 12.8. The Kier molecular flexibility index (Phi) is 6.05. The lowest BCUT2D eigenvalue weighted by atomic mass is 9.93. The second-order valence-corrected chi connectivity index (χ2v) is 6.52. The van der Waals surface area contributed by atoms with Crippen molar-refractivity contribution < 1.29 is 19.0 Å². The van der Waals surface area contributed by atoms with Crippen molar-refractivity contribution >= 4 is 28.5 Å². The van der Waals surface area contributed by atoms with Crippen LogP contribution < -0.4 is 9.47 Å². The molecule has 0 spiro atoms. The number of benzene rings is 2. The van der Waals surface area contributed by atoms with Gasteiger partial charge in [-0.15, -0.1) is 11.6 Å². The van der Waals surface area contributed by atoms with Crippen LogP contribution in [0.2, 0.25) is 0 Å².